The van der Waals surface area contributed by atoms with Gasteiger partial charge in [-0.2, -0.15) is 0 Å². The van der Waals surface area contributed by atoms with Crippen LogP contribution < -0.4 is 5.32 Å². The maximum atomic E-state index is 12.6. The van der Waals surface area contributed by atoms with E-state index in [1.807, 2.05) is 52.0 Å². The molecule has 0 radical (unpaired) electrons. The molecule has 1 aliphatic heterocycles. The number of hydrogen-bond donors (Lipinski definition) is 1. The fourth-order valence-corrected chi connectivity index (χ4v) is 2.98. The number of hydrogen-bond acceptors (Lipinski definition) is 3. The SMILES string of the molecule is CC(NC(=O)C1CCCN(C(=O)OC(C)(C)C)C1)c1ccc(Cl)cc1. The zero-order valence-electron chi connectivity index (χ0n) is 15.3. The highest BCUT2D eigenvalue weighted by Crippen LogP contribution is 2.21. The Hall–Kier alpha value is -1.75. The third kappa shape index (κ3) is 5.92. The lowest BCUT2D eigenvalue weighted by atomic mass is 9.96. The van der Waals surface area contributed by atoms with Gasteiger partial charge >= 0.3 is 6.09 Å². The maximum absolute atomic E-state index is 12.6. The minimum atomic E-state index is -0.532. The lowest BCUT2D eigenvalue weighted by molar-refractivity contribution is -0.127. The molecule has 6 heteroatoms. The minimum absolute atomic E-state index is 0.0318. The van der Waals surface area contributed by atoms with E-state index >= 15 is 0 Å². The molecule has 0 saturated carbocycles. The van der Waals surface area contributed by atoms with Crippen molar-refractivity contribution in [1.82, 2.24) is 10.2 Å². The first-order chi connectivity index (χ1) is 11.7. The van der Waals surface area contributed by atoms with Gasteiger partial charge in [-0.3, -0.25) is 4.79 Å². The highest BCUT2D eigenvalue weighted by Gasteiger charge is 2.31. The lowest BCUT2D eigenvalue weighted by Crippen LogP contribution is -2.47. The Morgan fingerprint density at radius 3 is 2.52 bits per heavy atom. The normalized spacial score (nSPS) is 19.2. The maximum Gasteiger partial charge on any atom is 0.410 e. The fourth-order valence-electron chi connectivity index (χ4n) is 2.85. The van der Waals surface area contributed by atoms with Gasteiger partial charge < -0.3 is 15.0 Å². The van der Waals surface area contributed by atoms with Crippen LogP contribution in [-0.2, 0) is 9.53 Å². The second kappa shape index (κ2) is 8.09. The molecule has 1 fully saturated rings. The third-order valence-corrected chi connectivity index (χ3v) is 4.42. The topological polar surface area (TPSA) is 58.6 Å². The minimum Gasteiger partial charge on any atom is -0.444 e. The molecular weight excluding hydrogens is 340 g/mol. The van der Waals surface area contributed by atoms with Crippen molar-refractivity contribution in [1.29, 1.82) is 0 Å². The van der Waals surface area contributed by atoms with E-state index in [0.29, 0.717) is 18.1 Å². The fraction of sp³-hybridized carbons (Fsp3) is 0.579. The first-order valence-electron chi connectivity index (χ1n) is 8.69. The number of ether oxygens (including phenoxy) is 1. The summed E-state index contributed by atoms with van der Waals surface area (Å²) in [5.41, 5.74) is 0.465. The molecule has 0 spiro atoms. The Morgan fingerprint density at radius 2 is 1.92 bits per heavy atom. The number of nitrogens with one attached hydrogen (secondary N) is 1. The number of amides is 2. The second-order valence-electron chi connectivity index (χ2n) is 7.55. The number of rotatable bonds is 3. The van der Waals surface area contributed by atoms with Gasteiger partial charge in [-0.25, -0.2) is 4.79 Å². The van der Waals surface area contributed by atoms with Crippen LogP contribution in [0.1, 0.15) is 52.1 Å². The van der Waals surface area contributed by atoms with Crippen LogP contribution in [0.3, 0.4) is 0 Å². The highest BCUT2D eigenvalue weighted by atomic mass is 35.5. The largest absolute Gasteiger partial charge is 0.444 e. The summed E-state index contributed by atoms with van der Waals surface area (Å²) in [7, 11) is 0. The number of likely N-dealkylation sites (tertiary alicyclic amines) is 1. The van der Waals surface area contributed by atoms with Crippen LogP contribution in [0.25, 0.3) is 0 Å². The van der Waals surface area contributed by atoms with Gasteiger partial charge in [0.25, 0.3) is 0 Å². The molecule has 2 atom stereocenters. The molecular formula is C19H27ClN2O3. The average molecular weight is 367 g/mol. The summed E-state index contributed by atoms with van der Waals surface area (Å²) < 4.78 is 5.41. The molecule has 2 amide bonds. The predicted molar refractivity (Wildman–Crippen MR) is 98.5 cm³/mol. The first kappa shape index (κ1) is 19.6. The van der Waals surface area contributed by atoms with Gasteiger partial charge in [-0.05, 0) is 58.2 Å². The van der Waals surface area contributed by atoms with Crippen molar-refractivity contribution < 1.29 is 14.3 Å². The third-order valence-electron chi connectivity index (χ3n) is 4.17. The van der Waals surface area contributed by atoms with E-state index in [2.05, 4.69) is 5.32 Å². The van der Waals surface area contributed by atoms with Crippen molar-refractivity contribution in [3.8, 4) is 0 Å². The Kier molecular flexibility index (Phi) is 6.33. The number of benzene rings is 1. The van der Waals surface area contributed by atoms with Crippen LogP contribution in [0, 0.1) is 5.92 Å². The smallest absolute Gasteiger partial charge is 0.410 e. The van der Waals surface area contributed by atoms with Crippen molar-refractivity contribution in [3.05, 3.63) is 34.9 Å². The average Bonchev–Trinajstić information content (AvgIpc) is 2.54. The van der Waals surface area contributed by atoms with Gasteiger partial charge in [0, 0.05) is 18.1 Å². The van der Waals surface area contributed by atoms with Crippen molar-refractivity contribution in [2.24, 2.45) is 5.92 Å². The van der Waals surface area contributed by atoms with Crippen LogP contribution >= 0.6 is 11.6 Å². The summed E-state index contributed by atoms with van der Waals surface area (Å²) in [5, 5.41) is 3.70. The summed E-state index contributed by atoms with van der Waals surface area (Å²) in [6.45, 7) is 8.49. The molecule has 1 saturated heterocycles. The molecule has 0 bridgehead atoms. The van der Waals surface area contributed by atoms with Gasteiger partial charge in [0.05, 0.1) is 12.0 Å². The van der Waals surface area contributed by atoms with Crippen molar-refractivity contribution >= 4 is 23.6 Å². The van der Waals surface area contributed by atoms with E-state index in [1.54, 1.807) is 4.90 Å². The van der Waals surface area contributed by atoms with Crippen molar-refractivity contribution in [2.75, 3.05) is 13.1 Å². The molecule has 0 aliphatic carbocycles. The van der Waals surface area contributed by atoms with E-state index in [4.69, 9.17) is 16.3 Å². The molecule has 2 unspecified atom stereocenters. The van der Waals surface area contributed by atoms with Crippen LogP contribution in [0.15, 0.2) is 24.3 Å². The Balaban J connectivity index is 1.92. The number of piperidine rings is 1. The molecule has 25 heavy (non-hydrogen) atoms. The molecule has 138 valence electrons. The molecule has 0 aromatic heterocycles. The van der Waals surface area contributed by atoms with E-state index in [-0.39, 0.29) is 24.0 Å². The van der Waals surface area contributed by atoms with Crippen LogP contribution in [0.4, 0.5) is 4.79 Å². The van der Waals surface area contributed by atoms with Gasteiger partial charge in [0.15, 0.2) is 0 Å². The van der Waals surface area contributed by atoms with Crippen LogP contribution in [0.2, 0.25) is 5.02 Å². The van der Waals surface area contributed by atoms with Gasteiger partial charge in [0.2, 0.25) is 5.91 Å². The zero-order chi connectivity index (χ0) is 18.6. The first-order valence-corrected chi connectivity index (χ1v) is 9.07. The summed E-state index contributed by atoms with van der Waals surface area (Å²) in [6.07, 6.45) is 1.22. The van der Waals surface area contributed by atoms with Gasteiger partial charge in [-0.15, -0.1) is 0 Å². The summed E-state index contributed by atoms with van der Waals surface area (Å²) in [6, 6.07) is 7.32. The second-order valence-corrected chi connectivity index (χ2v) is 7.98. The molecule has 1 aromatic rings. The Morgan fingerprint density at radius 1 is 1.28 bits per heavy atom. The molecule has 1 heterocycles. The Labute approximate surface area is 154 Å². The molecule has 1 aromatic carbocycles. The van der Waals surface area contributed by atoms with Gasteiger partial charge in [-0.1, -0.05) is 23.7 Å². The number of nitrogens with zero attached hydrogens (tertiary/aromatic N) is 1. The standard InChI is InChI=1S/C19H27ClN2O3/c1-13(14-7-9-16(20)10-8-14)21-17(23)15-6-5-11-22(12-15)18(24)25-19(2,3)4/h7-10,13,15H,5-6,11-12H2,1-4H3,(H,21,23). The molecule has 2 rings (SSSR count). The predicted octanol–water partition coefficient (Wildman–Crippen LogP) is 4.16. The van der Waals surface area contributed by atoms with E-state index in [9.17, 15) is 9.59 Å². The van der Waals surface area contributed by atoms with Crippen molar-refractivity contribution in [2.45, 2.75) is 52.2 Å². The van der Waals surface area contributed by atoms with E-state index in [0.717, 1.165) is 18.4 Å². The molecule has 5 nitrogen and oxygen atoms in total. The number of carbonyl (C=O) groups is 2. The number of carbonyl (C=O) groups excluding carboxylic acids is 2. The summed E-state index contributed by atoms with van der Waals surface area (Å²) in [5.74, 6) is -0.244. The number of halogens is 1. The van der Waals surface area contributed by atoms with Crippen molar-refractivity contribution in [3.63, 3.8) is 0 Å². The highest BCUT2D eigenvalue weighted by molar-refractivity contribution is 6.30. The summed E-state index contributed by atoms with van der Waals surface area (Å²) >= 11 is 5.90. The quantitative estimate of drug-likeness (QED) is 0.873. The monoisotopic (exact) mass is 366 g/mol. The molecule has 1 aliphatic rings. The van der Waals surface area contributed by atoms with Crippen LogP contribution in [0.5, 0.6) is 0 Å². The van der Waals surface area contributed by atoms with E-state index in [1.165, 1.54) is 0 Å². The van der Waals surface area contributed by atoms with E-state index < -0.39 is 5.60 Å². The zero-order valence-corrected chi connectivity index (χ0v) is 16.1. The van der Waals surface area contributed by atoms with Gasteiger partial charge in [0.1, 0.15) is 5.60 Å². The summed E-state index contributed by atoms with van der Waals surface area (Å²) in [4.78, 5) is 26.4. The molecule has 1 N–H and O–H groups in total. The van der Waals surface area contributed by atoms with Crippen LogP contribution in [-0.4, -0.2) is 35.6 Å². The lowest BCUT2D eigenvalue weighted by Gasteiger charge is -2.34. The Bertz CT molecular complexity index is 610.